The lowest BCUT2D eigenvalue weighted by atomic mass is 10.3. The molecule has 0 radical (unpaired) electrons. The Balaban J connectivity index is 1.80. The Hall–Kier alpha value is -2.22. The van der Waals surface area contributed by atoms with E-state index in [0.717, 1.165) is 4.47 Å². The van der Waals surface area contributed by atoms with Crippen molar-refractivity contribution < 1.29 is 9.59 Å². The molecule has 116 valence electrons. The fourth-order valence-electron chi connectivity index (χ4n) is 1.81. The van der Waals surface area contributed by atoms with Crippen molar-refractivity contribution >= 4 is 33.4 Å². The molecule has 0 spiro atoms. The Bertz CT molecular complexity index is 644. The van der Waals surface area contributed by atoms with Gasteiger partial charge in [0.1, 0.15) is 12.7 Å². The molecule has 2 rings (SSSR count). The van der Waals surface area contributed by atoms with Crippen molar-refractivity contribution in [1.29, 1.82) is 0 Å². The van der Waals surface area contributed by atoms with Gasteiger partial charge >= 0.3 is 0 Å². The molecule has 1 aromatic heterocycles. The number of rotatable bonds is 6. The molecule has 0 unspecified atom stereocenters. The van der Waals surface area contributed by atoms with E-state index < -0.39 is 0 Å². The Morgan fingerprint density at radius 1 is 1.36 bits per heavy atom. The third-order valence-electron chi connectivity index (χ3n) is 2.98. The number of nitrogens with zero attached hydrogens (tertiary/aromatic N) is 4. The molecule has 22 heavy (non-hydrogen) atoms. The number of benzene rings is 1. The number of anilines is 1. The van der Waals surface area contributed by atoms with Crippen molar-refractivity contribution in [2.75, 3.05) is 18.9 Å². The molecule has 2 amide bonds. The first kappa shape index (κ1) is 16.2. The average Bonchev–Trinajstić information content (AvgIpc) is 3.00. The summed E-state index contributed by atoms with van der Waals surface area (Å²) in [6.45, 7) is 0.437. The molecular weight excluding hydrogens is 350 g/mol. The van der Waals surface area contributed by atoms with Crippen LogP contribution < -0.4 is 5.32 Å². The summed E-state index contributed by atoms with van der Waals surface area (Å²) < 4.78 is 2.37. The molecule has 0 atom stereocenters. The van der Waals surface area contributed by atoms with Crippen molar-refractivity contribution in [3.05, 3.63) is 41.4 Å². The molecule has 1 heterocycles. The van der Waals surface area contributed by atoms with Gasteiger partial charge in [0.05, 0.1) is 18.8 Å². The third-order valence-corrected chi connectivity index (χ3v) is 3.67. The predicted molar refractivity (Wildman–Crippen MR) is 85.0 cm³/mol. The van der Waals surface area contributed by atoms with E-state index in [4.69, 9.17) is 0 Å². The van der Waals surface area contributed by atoms with Crippen LogP contribution in [0.3, 0.4) is 0 Å². The van der Waals surface area contributed by atoms with Crippen LogP contribution in [0.2, 0.25) is 0 Å². The van der Waals surface area contributed by atoms with Gasteiger partial charge in [0.25, 0.3) is 0 Å². The second-order valence-corrected chi connectivity index (χ2v) is 5.54. The molecule has 0 fully saturated rings. The minimum absolute atomic E-state index is 0.00246. The van der Waals surface area contributed by atoms with Gasteiger partial charge in [-0.25, -0.2) is 4.98 Å². The summed E-state index contributed by atoms with van der Waals surface area (Å²) in [6, 6.07) is 7.31. The number of hydrogen-bond donors (Lipinski definition) is 1. The monoisotopic (exact) mass is 365 g/mol. The maximum atomic E-state index is 12.0. The Labute approximate surface area is 136 Å². The van der Waals surface area contributed by atoms with Crippen LogP contribution in [0.5, 0.6) is 0 Å². The highest BCUT2D eigenvalue weighted by atomic mass is 79.9. The van der Waals surface area contributed by atoms with Gasteiger partial charge < -0.3 is 10.2 Å². The second kappa shape index (κ2) is 7.69. The van der Waals surface area contributed by atoms with Crippen LogP contribution in [-0.2, 0) is 16.1 Å². The predicted octanol–water partition coefficient (Wildman–Crippen LogP) is 1.53. The van der Waals surface area contributed by atoms with Gasteiger partial charge in [-0.15, -0.1) is 0 Å². The molecule has 2 aromatic rings. The lowest BCUT2D eigenvalue weighted by Crippen LogP contribution is -2.35. The van der Waals surface area contributed by atoms with E-state index in [-0.39, 0.29) is 24.8 Å². The van der Waals surface area contributed by atoms with Crippen LogP contribution in [0.4, 0.5) is 5.69 Å². The minimum Gasteiger partial charge on any atom is -0.336 e. The highest BCUT2D eigenvalue weighted by Crippen LogP contribution is 2.20. The topological polar surface area (TPSA) is 80.1 Å². The van der Waals surface area contributed by atoms with Gasteiger partial charge in [-0.1, -0.05) is 12.1 Å². The zero-order valence-electron chi connectivity index (χ0n) is 12.1. The SMILES string of the molecule is CN(CC(=O)Nc1ccccc1Br)C(=O)CCn1cncn1. The molecule has 8 heteroatoms. The molecule has 0 aliphatic rings. The van der Waals surface area contributed by atoms with Crippen molar-refractivity contribution in [3.63, 3.8) is 0 Å². The number of aromatic nitrogens is 3. The summed E-state index contributed by atoms with van der Waals surface area (Å²) in [4.78, 5) is 29.1. The van der Waals surface area contributed by atoms with Gasteiger partial charge in [0, 0.05) is 17.9 Å². The van der Waals surface area contributed by atoms with Crippen LogP contribution in [0.25, 0.3) is 0 Å². The first-order valence-corrected chi connectivity index (χ1v) is 7.46. The maximum Gasteiger partial charge on any atom is 0.244 e. The van der Waals surface area contributed by atoms with E-state index in [1.54, 1.807) is 24.1 Å². The number of nitrogens with one attached hydrogen (secondary N) is 1. The van der Waals surface area contributed by atoms with Crippen LogP contribution in [0.1, 0.15) is 6.42 Å². The maximum absolute atomic E-state index is 12.0. The van der Waals surface area contributed by atoms with Crippen molar-refractivity contribution in [2.24, 2.45) is 0 Å². The number of likely N-dealkylation sites (N-methyl/N-ethyl adjacent to an activating group) is 1. The summed E-state index contributed by atoms with van der Waals surface area (Å²) in [6.07, 6.45) is 3.23. The number of halogens is 1. The lowest BCUT2D eigenvalue weighted by molar-refractivity contribution is -0.133. The number of carbonyl (C=O) groups excluding carboxylic acids is 2. The molecular formula is C14H16BrN5O2. The third kappa shape index (κ3) is 4.66. The van der Waals surface area contributed by atoms with Crippen LogP contribution in [-0.4, -0.2) is 45.1 Å². The Kier molecular flexibility index (Phi) is 5.65. The van der Waals surface area contributed by atoms with Gasteiger partial charge in [-0.2, -0.15) is 5.10 Å². The van der Waals surface area contributed by atoms with Crippen LogP contribution >= 0.6 is 15.9 Å². The standard InChI is InChI=1S/C14H16BrN5O2/c1-19(14(22)6-7-20-10-16-9-17-20)8-13(21)18-12-5-3-2-4-11(12)15/h2-5,9-10H,6-8H2,1H3,(H,18,21). The molecule has 0 aliphatic heterocycles. The summed E-state index contributed by atoms with van der Waals surface area (Å²) >= 11 is 3.36. The average molecular weight is 366 g/mol. The Morgan fingerprint density at radius 3 is 2.82 bits per heavy atom. The summed E-state index contributed by atoms with van der Waals surface area (Å²) in [5.74, 6) is -0.374. The van der Waals surface area contributed by atoms with E-state index in [9.17, 15) is 9.59 Å². The highest BCUT2D eigenvalue weighted by molar-refractivity contribution is 9.10. The number of aryl methyl sites for hydroxylation is 1. The summed E-state index contributed by atoms with van der Waals surface area (Å²) in [5, 5.41) is 6.68. The highest BCUT2D eigenvalue weighted by Gasteiger charge is 2.13. The number of carbonyl (C=O) groups is 2. The minimum atomic E-state index is -0.247. The molecule has 7 nitrogen and oxygen atoms in total. The summed E-state index contributed by atoms with van der Waals surface area (Å²) in [7, 11) is 1.60. The molecule has 0 saturated heterocycles. The first-order chi connectivity index (χ1) is 10.6. The molecule has 1 N–H and O–H groups in total. The zero-order valence-corrected chi connectivity index (χ0v) is 13.7. The van der Waals surface area contributed by atoms with Gasteiger partial charge in [0.2, 0.25) is 11.8 Å². The normalized spacial score (nSPS) is 10.3. The van der Waals surface area contributed by atoms with E-state index in [0.29, 0.717) is 12.2 Å². The van der Waals surface area contributed by atoms with Gasteiger partial charge in [-0.05, 0) is 28.1 Å². The number of para-hydroxylation sites is 1. The van der Waals surface area contributed by atoms with Crippen LogP contribution in [0, 0.1) is 0 Å². The largest absolute Gasteiger partial charge is 0.336 e. The van der Waals surface area contributed by atoms with Gasteiger partial charge in [0.15, 0.2) is 0 Å². The fourth-order valence-corrected chi connectivity index (χ4v) is 2.19. The van der Waals surface area contributed by atoms with Gasteiger partial charge in [-0.3, -0.25) is 14.3 Å². The van der Waals surface area contributed by atoms with E-state index in [1.807, 2.05) is 18.2 Å². The van der Waals surface area contributed by atoms with E-state index in [1.165, 1.54) is 11.2 Å². The molecule has 0 aliphatic carbocycles. The smallest absolute Gasteiger partial charge is 0.244 e. The van der Waals surface area contributed by atoms with Crippen LogP contribution in [0.15, 0.2) is 41.4 Å². The second-order valence-electron chi connectivity index (χ2n) is 4.69. The molecule has 0 bridgehead atoms. The first-order valence-electron chi connectivity index (χ1n) is 6.67. The van der Waals surface area contributed by atoms with Crippen molar-refractivity contribution in [1.82, 2.24) is 19.7 Å². The van der Waals surface area contributed by atoms with Crippen molar-refractivity contribution in [2.45, 2.75) is 13.0 Å². The molecule has 0 saturated carbocycles. The van der Waals surface area contributed by atoms with E-state index in [2.05, 4.69) is 31.3 Å². The molecule has 1 aromatic carbocycles. The van der Waals surface area contributed by atoms with E-state index >= 15 is 0 Å². The fraction of sp³-hybridized carbons (Fsp3) is 0.286. The van der Waals surface area contributed by atoms with Crippen molar-refractivity contribution in [3.8, 4) is 0 Å². The quantitative estimate of drug-likeness (QED) is 0.841. The number of hydrogen-bond acceptors (Lipinski definition) is 4. The number of amides is 2. The zero-order chi connectivity index (χ0) is 15.9. The summed E-state index contributed by atoms with van der Waals surface area (Å²) in [5.41, 5.74) is 0.677. The Morgan fingerprint density at radius 2 is 2.14 bits per heavy atom. The lowest BCUT2D eigenvalue weighted by Gasteiger charge is -2.17.